The van der Waals surface area contributed by atoms with Gasteiger partial charge in [0.25, 0.3) is 6.43 Å². The van der Waals surface area contributed by atoms with Crippen LogP contribution in [0.2, 0.25) is 0 Å². The van der Waals surface area contributed by atoms with Crippen LogP contribution in [0.4, 0.5) is 8.78 Å². The summed E-state index contributed by atoms with van der Waals surface area (Å²) >= 11 is 2.92. The molecule has 1 heterocycles. The van der Waals surface area contributed by atoms with Gasteiger partial charge in [0.05, 0.1) is 24.8 Å². The van der Waals surface area contributed by atoms with Crippen molar-refractivity contribution in [3.05, 3.63) is 21.9 Å². The molecule has 4 nitrogen and oxygen atoms in total. The van der Waals surface area contributed by atoms with E-state index in [4.69, 9.17) is 0 Å². The predicted molar refractivity (Wildman–Crippen MR) is 54.3 cm³/mol. The SMILES string of the molecule is COC(=O)Cc1nc(Br)cc(C(F)F)c1O. The third-order valence-corrected chi connectivity index (χ3v) is 2.24. The van der Waals surface area contributed by atoms with E-state index in [0.29, 0.717) is 0 Å². The monoisotopic (exact) mass is 295 g/mol. The highest BCUT2D eigenvalue weighted by Crippen LogP contribution is 2.32. The molecule has 0 aliphatic rings. The minimum atomic E-state index is -2.84. The summed E-state index contributed by atoms with van der Waals surface area (Å²) in [5.74, 6) is -1.34. The van der Waals surface area contributed by atoms with E-state index in [0.717, 1.165) is 13.2 Å². The molecule has 0 unspecified atom stereocenters. The van der Waals surface area contributed by atoms with E-state index in [1.807, 2.05) is 0 Å². The standard InChI is InChI=1S/C9H8BrF2NO3/c1-16-7(14)3-5-8(15)4(9(11)12)2-6(10)13-5/h2,9,15H,3H2,1H3. The number of halogens is 3. The topological polar surface area (TPSA) is 59.4 Å². The number of hydrogen-bond acceptors (Lipinski definition) is 4. The fourth-order valence-electron chi connectivity index (χ4n) is 1.08. The van der Waals surface area contributed by atoms with E-state index in [-0.39, 0.29) is 16.7 Å². The minimum absolute atomic E-state index is 0.125. The zero-order valence-corrected chi connectivity index (χ0v) is 9.79. The van der Waals surface area contributed by atoms with Crippen molar-refractivity contribution >= 4 is 21.9 Å². The van der Waals surface area contributed by atoms with E-state index >= 15 is 0 Å². The van der Waals surface area contributed by atoms with Crippen LogP contribution in [0.1, 0.15) is 17.7 Å². The second kappa shape index (κ2) is 5.20. The van der Waals surface area contributed by atoms with Gasteiger partial charge in [-0.05, 0) is 22.0 Å². The Morgan fingerprint density at radius 2 is 2.31 bits per heavy atom. The van der Waals surface area contributed by atoms with Crippen molar-refractivity contribution in [2.24, 2.45) is 0 Å². The van der Waals surface area contributed by atoms with Crippen LogP contribution >= 0.6 is 15.9 Å². The lowest BCUT2D eigenvalue weighted by Crippen LogP contribution is -2.07. The van der Waals surface area contributed by atoms with Crippen LogP contribution in [0.3, 0.4) is 0 Å². The van der Waals surface area contributed by atoms with Crippen molar-refractivity contribution in [2.75, 3.05) is 7.11 Å². The van der Waals surface area contributed by atoms with Gasteiger partial charge in [0.1, 0.15) is 10.4 Å². The maximum Gasteiger partial charge on any atom is 0.311 e. The van der Waals surface area contributed by atoms with Gasteiger partial charge in [0.2, 0.25) is 0 Å². The number of aromatic hydroxyl groups is 1. The van der Waals surface area contributed by atoms with E-state index in [1.165, 1.54) is 0 Å². The average molecular weight is 296 g/mol. The highest BCUT2D eigenvalue weighted by molar-refractivity contribution is 9.10. The summed E-state index contributed by atoms with van der Waals surface area (Å²) in [5, 5.41) is 9.46. The Labute approximate surface area is 98.4 Å². The molecule has 0 amide bonds. The summed E-state index contributed by atoms with van der Waals surface area (Å²) in [6.45, 7) is 0. The van der Waals surface area contributed by atoms with Gasteiger partial charge in [-0.2, -0.15) is 0 Å². The van der Waals surface area contributed by atoms with Crippen LogP contribution in [0, 0.1) is 0 Å². The molecule has 0 atom stereocenters. The molecule has 1 rings (SSSR count). The Kier molecular flexibility index (Phi) is 4.17. The Morgan fingerprint density at radius 1 is 1.69 bits per heavy atom. The quantitative estimate of drug-likeness (QED) is 0.686. The Balaban J connectivity index is 3.14. The van der Waals surface area contributed by atoms with Gasteiger partial charge >= 0.3 is 5.97 Å². The molecular formula is C9H8BrF2NO3. The lowest BCUT2D eigenvalue weighted by molar-refractivity contribution is -0.139. The fourth-order valence-corrected chi connectivity index (χ4v) is 1.54. The van der Waals surface area contributed by atoms with Gasteiger partial charge in [-0.3, -0.25) is 4.79 Å². The number of pyridine rings is 1. The number of alkyl halides is 2. The zero-order chi connectivity index (χ0) is 12.3. The predicted octanol–water partition coefficient (Wildman–Crippen LogP) is 2.20. The molecule has 1 aromatic heterocycles. The molecule has 1 N–H and O–H groups in total. The van der Waals surface area contributed by atoms with Crippen LogP contribution in [0.25, 0.3) is 0 Å². The van der Waals surface area contributed by atoms with Gasteiger partial charge in [-0.25, -0.2) is 13.8 Å². The van der Waals surface area contributed by atoms with Gasteiger partial charge in [0, 0.05) is 0 Å². The molecule has 0 aliphatic heterocycles. The molecule has 0 radical (unpaired) electrons. The van der Waals surface area contributed by atoms with E-state index in [1.54, 1.807) is 0 Å². The molecule has 0 saturated heterocycles. The van der Waals surface area contributed by atoms with Crippen LogP contribution in [-0.2, 0) is 16.0 Å². The summed E-state index contributed by atoms with van der Waals surface area (Å²) in [6, 6.07) is 1.00. The molecule has 16 heavy (non-hydrogen) atoms. The van der Waals surface area contributed by atoms with Crippen molar-refractivity contribution in [2.45, 2.75) is 12.8 Å². The first kappa shape index (κ1) is 12.8. The lowest BCUT2D eigenvalue weighted by Gasteiger charge is -2.08. The van der Waals surface area contributed by atoms with Crippen molar-refractivity contribution in [1.82, 2.24) is 4.98 Å². The molecule has 7 heteroatoms. The van der Waals surface area contributed by atoms with Crippen molar-refractivity contribution < 1.29 is 23.4 Å². The molecular weight excluding hydrogens is 288 g/mol. The molecule has 0 spiro atoms. The van der Waals surface area contributed by atoms with E-state index in [9.17, 15) is 18.7 Å². The number of rotatable bonds is 3. The van der Waals surface area contributed by atoms with Crippen molar-refractivity contribution in [3.8, 4) is 5.75 Å². The maximum atomic E-state index is 12.5. The molecule has 0 bridgehead atoms. The second-order valence-corrected chi connectivity index (χ2v) is 3.70. The Hall–Kier alpha value is -1.24. The van der Waals surface area contributed by atoms with Gasteiger partial charge in [0.15, 0.2) is 0 Å². The third kappa shape index (κ3) is 2.88. The van der Waals surface area contributed by atoms with Gasteiger partial charge in [-0.1, -0.05) is 0 Å². The minimum Gasteiger partial charge on any atom is -0.506 e. The number of carbonyl (C=O) groups is 1. The van der Waals surface area contributed by atoms with E-state index in [2.05, 4.69) is 25.7 Å². The number of hydrogen-bond donors (Lipinski definition) is 1. The molecule has 1 aromatic rings. The number of ether oxygens (including phenoxy) is 1. The van der Waals surface area contributed by atoms with Crippen molar-refractivity contribution in [3.63, 3.8) is 0 Å². The smallest absolute Gasteiger partial charge is 0.311 e. The zero-order valence-electron chi connectivity index (χ0n) is 8.21. The average Bonchev–Trinajstić information content (AvgIpc) is 2.22. The second-order valence-electron chi connectivity index (χ2n) is 2.88. The maximum absolute atomic E-state index is 12.5. The number of carbonyl (C=O) groups excluding carboxylic acids is 1. The molecule has 0 saturated carbocycles. The Morgan fingerprint density at radius 3 is 2.81 bits per heavy atom. The van der Waals surface area contributed by atoms with Crippen LogP contribution in [0.5, 0.6) is 5.75 Å². The lowest BCUT2D eigenvalue weighted by atomic mass is 10.1. The van der Waals surface area contributed by atoms with Crippen molar-refractivity contribution in [1.29, 1.82) is 0 Å². The molecule has 88 valence electrons. The summed E-state index contributed by atoms with van der Waals surface area (Å²) in [6.07, 6.45) is -3.20. The molecule has 0 aromatic carbocycles. The van der Waals surface area contributed by atoms with Gasteiger partial charge in [-0.15, -0.1) is 0 Å². The third-order valence-electron chi connectivity index (χ3n) is 1.84. The highest BCUT2D eigenvalue weighted by Gasteiger charge is 2.20. The Bertz CT molecular complexity index is 412. The number of nitrogens with zero attached hydrogens (tertiary/aromatic N) is 1. The summed E-state index contributed by atoms with van der Waals surface area (Å²) in [5.41, 5.74) is -0.711. The normalized spacial score (nSPS) is 10.6. The largest absolute Gasteiger partial charge is 0.506 e. The molecule has 0 fully saturated rings. The first-order valence-corrected chi connectivity index (χ1v) is 4.98. The van der Waals surface area contributed by atoms with Gasteiger partial charge < -0.3 is 9.84 Å². The van der Waals surface area contributed by atoms with Crippen LogP contribution in [-0.4, -0.2) is 23.2 Å². The first-order chi connectivity index (χ1) is 7.45. The number of esters is 1. The highest BCUT2D eigenvalue weighted by atomic mass is 79.9. The summed E-state index contributed by atoms with van der Waals surface area (Å²) in [7, 11) is 1.16. The number of aromatic nitrogens is 1. The van der Waals surface area contributed by atoms with E-state index < -0.39 is 23.7 Å². The summed E-state index contributed by atoms with van der Waals surface area (Å²) < 4.78 is 29.4. The van der Waals surface area contributed by atoms with Crippen LogP contribution in [0.15, 0.2) is 10.7 Å². The summed E-state index contributed by atoms with van der Waals surface area (Å²) in [4.78, 5) is 14.7. The fraction of sp³-hybridized carbons (Fsp3) is 0.333. The first-order valence-electron chi connectivity index (χ1n) is 4.19. The number of methoxy groups -OCH3 is 1. The molecule has 0 aliphatic carbocycles. The van der Waals surface area contributed by atoms with Crippen LogP contribution < -0.4 is 0 Å².